The third kappa shape index (κ3) is 5.05. The van der Waals surface area contributed by atoms with Crippen LogP contribution in [-0.4, -0.2) is 24.2 Å². The van der Waals surface area contributed by atoms with E-state index in [4.69, 9.17) is 9.84 Å². The van der Waals surface area contributed by atoms with Gasteiger partial charge in [-0.1, -0.05) is 32.6 Å². The van der Waals surface area contributed by atoms with Crippen molar-refractivity contribution < 1.29 is 14.6 Å². The third-order valence-electron chi connectivity index (χ3n) is 4.09. The number of hydrogen-bond acceptors (Lipinski definition) is 3. The Kier molecular flexibility index (Phi) is 6.05. The molecule has 0 aliphatic heterocycles. The van der Waals surface area contributed by atoms with Gasteiger partial charge in [-0.25, -0.2) is 0 Å². The number of nitrogens with one attached hydrogen (secondary N) is 1. The first-order chi connectivity index (χ1) is 10.2. The highest BCUT2D eigenvalue weighted by Crippen LogP contribution is 2.30. The molecule has 1 aromatic rings. The molecule has 4 nitrogen and oxygen atoms in total. The van der Waals surface area contributed by atoms with Crippen LogP contribution in [0.5, 0.6) is 5.75 Å². The molecule has 21 heavy (non-hydrogen) atoms. The minimum Gasteiger partial charge on any atom is -0.491 e. The number of carbonyl (C=O) groups is 1. The van der Waals surface area contributed by atoms with E-state index in [2.05, 4.69) is 5.32 Å². The minimum absolute atomic E-state index is 0.00281. The fraction of sp³-hybridized carbons (Fsp3) is 0.588. The molecule has 1 atom stereocenters. The first kappa shape index (κ1) is 15.8. The van der Waals surface area contributed by atoms with Crippen LogP contribution in [0, 0.1) is 11.8 Å². The summed E-state index contributed by atoms with van der Waals surface area (Å²) in [6, 6.07) is 7.25. The van der Waals surface area contributed by atoms with Crippen molar-refractivity contribution in [2.75, 3.05) is 18.5 Å². The second kappa shape index (κ2) is 8.03. The van der Waals surface area contributed by atoms with E-state index in [0.29, 0.717) is 5.75 Å². The fourth-order valence-electron chi connectivity index (χ4n) is 2.92. The van der Waals surface area contributed by atoms with Gasteiger partial charge in [0.25, 0.3) is 0 Å². The Morgan fingerprint density at radius 2 is 2.00 bits per heavy atom. The summed E-state index contributed by atoms with van der Waals surface area (Å²) in [6.45, 7) is 2.29. The van der Waals surface area contributed by atoms with Gasteiger partial charge in [-0.2, -0.15) is 0 Å². The summed E-state index contributed by atoms with van der Waals surface area (Å²) in [4.78, 5) is 12.2. The molecular formula is C17H25NO3. The van der Waals surface area contributed by atoms with Crippen molar-refractivity contribution in [2.45, 2.75) is 39.0 Å². The highest BCUT2D eigenvalue weighted by Gasteiger charge is 2.21. The molecule has 0 radical (unpaired) electrons. The van der Waals surface area contributed by atoms with Gasteiger partial charge in [-0.3, -0.25) is 4.79 Å². The molecule has 1 aliphatic rings. The molecular weight excluding hydrogens is 266 g/mol. The quantitative estimate of drug-likeness (QED) is 0.811. The predicted octanol–water partition coefficient (Wildman–Crippen LogP) is 3.21. The number of ether oxygens (including phenoxy) is 1. The summed E-state index contributed by atoms with van der Waals surface area (Å²) in [7, 11) is 0. The summed E-state index contributed by atoms with van der Waals surface area (Å²) in [5.74, 6) is 1.56. The molecule has 0 aromatic heterocycles. The highest BCUT2D eigenvalue weighted by molar-refractivity contribution is 5.92. The van der Waals surface area contributed by atoms with Crippen LogP contribution >= 0.6 is 0 Å². The maximum atomic E-state index is 12.2. The molecule has 2 N–H and O–H groups in total. The van der Waals surface area contributed by atoms with Gasteiger partial charge in [-0.15, -0.1) is 0 Å². The lowest BCUT2D eigenvalue weighted by atomic mass is 9.94. The van der Waals surface area contributed by atoms with E-state index in [1.165, 1.54) is 25.7 Å². The predicted molar refractivity (Wildman–Crippen MR) is 83.4 cm³/mol. The molecule has 1 saturated carbocycles. The van der Waals surface area contributed by atoms with Gasteiger partial charge >= 0.3 is 0 Å². The molecule has 0 bridgehead atoms. The number of aliphatic hydroxyl groups is 1. The standard InChI is InChI=1S/C17H25NO3/c1-13(12-14-4-2-3-5-14)17(20)18-15-6-8-16(9-7-15)21-11-10-19/h6-9,13-14,19H,2-5,10-12H2,1H3,(H,18,20). The van der Waals surface area contributed by atoms with Crippen LogP contribution in [0.25, 0.3) is 0 Å². The van der Waals surface area contributed by atoms with Gasteiger partial charge in [-0.05, 0) is 36.6 Å². The van der Waals surface area contributed by atoms with E-state index in [9.17, 15) is 4.79 Å². The van der Waals surface area contributed by atoms with Crippen molar-refractivity contribution in [1.82, 2.24) is 0 Å². The maximum absolute atomic E-state index is 12.2. The third-order valence-corrected chi connectivity index (χ3v) is 4.09. The van der Waals surface area contributed by atoms with Gasteiger partial charge in [0.1, 0.15) is 12.4 Å². The Balaban J connectivity index is 1.80. The lowest BCUT2D eigenvalue weighted by Gasteiger charge is -2.16. The number of amides is 1. The van der Waals surface area contributed by atoms with Crippen molar-refractivity contribution in [2.24, 2.45) is 11.8 Å². The van der Waals surface area contributed by atoms with Crippen LogP contribution in [0.2, 0.25) is 0 Å². The average molecular weight is 291 g/mol. The molecule has 1 fully saturated rings. The summed E-state index contributed by atoms with van der Waals surface area (Å²) >= 11 is 0. The van der Waals surface area contributed by atoms with Crippen molar-refractivity contribution in [3.8, 4) is 5.75 Å². The molecule has 1 amide bonds. The first-order valence-corrected chi connectivity index (χ1v) is 7.83. The average Bonchev–Trinajstić information content (AvgIpc) is 2.99. The topological polar surface area (TPSA) is 58.6 Å². The van der Waals surface area contributed by atoms with Gasteiger partial charge in [0, 0.05) is 11.6 Å². The molecule has 1 unspecified atom stereocenters. The van der Waals surface area contributed by atoms with E-state index < -0.39 is 0 Å². The monoisotopic (exact) mass is 291 g/mol. The zero-order valence-corrected chi connectivity index (χ0v) is 12.7. The summed E-state index contributed by atoms with van der Waals surface area (Å²) in [6.07, 6.45) is 6.16. The maximum Gasteiger partial charge on any atom is 0.227 e. The van der Waals surface area contributed by atoms with Crippen LogP contribution in [-0.2, 0) is 4.79 Å². The Bertz CT molecular complexity index is 438. The minimum atomic E-state index is -0.00281. The number of anilines is 1. The number of aliphatic hydroxyl groups excluding tert-OH is 1. The summed E-state index contributed by atoms with van der Waals surface area (Å²) < 4.78 is 5.29. The molecule has 0 saturated heterocycles. The Morgan fingerprint density at radius 1 is 1.33 bits per heavy atom. The van der Waals surface area contributed by atoms with E-state index in [0.717, 1.165) is 18.0 Å². The van der Waals surface area contributed by atoms with Gasteiger partial charge in [0.15, 0.2) is 0 Å². The Labute approximate surface area is 126 Å². The second-order valence-corrected chi connectivity index (χ2v) is 5.87. The van der Waals surface area contributed by atoms with Crippen LogP contribution in [0.4, 0.5) is 5.69 Å². The lowest BCUT2D eigenvalue weighted by molar-refractivity contribution is -0.119. The van der Waals surface area contributed by atoms with Gasteiger partial charge in [0.2, 0.25) is 5.91 Å². The largest absolute Gasteiger partial charge is 0.491 e. The Morgan fingerprint density at radius 3 is 2.62 bits per heavy atom. The zero-order valence-electron chi connectivity index (χ0n) is 12.7. The molecule has 116 valence electrons. The van der Waals surface area contributed by atoms with Gasteiger partial charge in [0.05, 0.1) is 6.61 Å². The normalized spacial score (nSPS) is 16.7. The summed E-state index contributed by atoms with van der Waals surface area (Å²) in [5, 5.41) is 11.7. The number of hydrogen-bond donors (Lipinski definition) is 2. The molecule has 1 aromatic carbocycles. The molecule has 4 heteroatoms. The van der Waals surface area contributed by atoms with Crippen LogP contribution < -0.4 is 10.1 Å². The van der Waals surface area contributed by atoms with Crippen LogP contribution in [0.1, 0.15) is 39.0 Å². The number of rotatable bonds is 7. The molecule has 1 aliphatic carbocycles. The van der Waals surface area contributed by atoms with E-state index in [1.54, 1.807) is 12.1 Å². The van der Waals surface area contributed by atoms with E-state index in [-0.39, 0.29) is 25.0 Å². The molecule has 0 spiro atoms. The first-order valence-electron chi connectivity index (χ1n) is 7.83. The number of carbonyl (C=O) groups excluding carboxylic acids is 1. The second-order valence-electron chi connectivity index (χ2n) is 5.87. The van der Waals surface area contributed by atoms with Crippen LogP contribution in [0.15, 0.2) is 24.3 Å². The number of benzene rings is 1. The van der Waals surface area contributed by atoms with Crippen LogP contribution in [0.3, 0.4) is 0 Å². The van der Waals surface area contributed by atoms with Gasteiger partial charge < -0.3 is 15.2 Å². The molecule has 0 heterocycles. The molecule has 2 rings (SSSR count). The summed E-state index contributed by atoms with van der Waals surface area (Å²) in [5.41, 5.74) is 0.787. The Hall–Kier alpha value is -1.55. The lowest BCUT2D eigenvalue weighted by Crippen LogP contribution is -2.22. The van der Waals surface area contributed by atoms with Crippen molar-refractivity contribution >= 4 is 11.6 Å². The van der Waals surface area contributed by atoms with E-state index >= 15 is 0 Å². The SMILES string of the molecule is CC(CC1CCCC1)C(=O)Nc1ccc(OCCO)cc1. The van der Waals surface area contributed by atoms with Crippen molar-refractivity contribution in [3.05, 3.63) is 24.3 Å². The highest BCUT2D eigenvalue weighted by atomic mass is 16.5. The fourth-order valence-corrected chi connectivity index (χ4v) is 2.92. The van der Waals surface area contributed by atoms with E-state index in [1.807, 2.05) is 19.1 Å². The zero-order chi connectivity index (χ0) is 15.1. The smallest absolute Gasteiger partial charge is 0.227 e. The van der Waals surface area contributed by atoms with Crippen molar-refractivity contribution in [3.63, 3.8) is 0 Å². The van der Waals surface area contributed by atoms with Crippen molar-refractivity contribution in [1.29, 1.82) is 0 Å².